The highest BCUT2D eigenvalue weighted by Crippen LogP contribution is 2.37. The summed E-state index contributed by atoms with van der Waals surface area (Å²) in [5.41, 5.74) is 2.63. The zero-order valence-electron chi connectivity index (χ0n) is 14.9. The van der Waals surface area contributed by atoms with Crippen LogP contribution in [0.1, 0.15) is 18.5 Å². The van der Waals surface area contributed by atoms with Crippen molar-refractivity contribution in [2.24, 2.45) is 0 Å². The fourth-order valence-electron chi connectivity index (χ4n) is 3.24. The Morgan fingerprint density at radius 2 is 1.96 bits per heavy atom. The number of phenolic OH excluding ortho intramolecular Hbond substituents is 1. The third-order valence-electron chi connectivity index (χ3n) is 4.48. The van der Waals surface area contributed by atoms with Gasteiger partial charge in [0.1, 0.15) is 11.8 Å². The second-order valence-electron chi connectivity index (χ2n) is 6.22. The number of nitrogens with one attached hydrogen (secondary N) is 1. The van der Waals surface area contributed by atoms with Crippen molar-refractivity contribution in [3.63, 3.8) is 0 Å². The molecule has 0 spiro atoms. The van der Waals surface area contributed by atoms with Gasteiger partial charge in [-0.05, 0) is 24.6 Å². The van der Waals surface area contributed by atoms with Crippen molar-refractivity contribution in [1.29, 1.82) is 0 Å². The second-order valence-corrected chi connectivity index (χ2v) is 6.22. The van der Waals surface area contributed by atoms with Crippen LogP contribution in [0.4, 0.5) is 5.95 Å². The summed E-state index contributed by atoms with van der Waals surface area (Å²) < 4.78 is 6.64. The molecular formula is C20H18N4O3. The first-order valence-corrected chi connectivity index (χ1v) is 8.45. The van der Waals surface area contributed by atoms with Gasteiger partial charge in [0.05, 0.1) is 12.7 Å². The van der Waals surface area contributed by atoms with Gasteiger partial charge in [0, 0.05) is 11.3 Å². The topological polar surface area (TPSA) is 89.3 Å². The molecule has 2 heterocycles. The predicted molar refractivity (Wildman–Crippen MR) is 100 cm³/mol. The summed E-state index contributed by atoms with van der Waals surface area (Å²) in [5.74, 6) is 0.711. The number of anilines is 1. The van der Waals surface area contributed by atoms with E-state index >= 15 is 0 Å². The Hall–Kier alpha value is -3.61. The van der Waals surface area contributed by atoms with E-state index in [0.29, 0.717) is 28.6 Å². The highest BCUT2D eigenvalue weighted by Gasteiger charge is 2.35. The minimum Gasteiger partial charge on any atom is -0.508 e. The number of fused-ring (bicyclic) bond motifs is 1. The number of ether oxygens (including phenoxy) is 1. The first kappa shape index (κ1) is 16.8. The molecule has 0 amide bonds. The average Bonchev–Trinajstić information content (AvgIpc) is 3.10. The number of carbonyl (C=O) groups is 1. The molecule has 4 rings (SSSR count). The van der Waals surface area contributed by atoms with E-state index in [1.807, 2.05) is 36.4 Å². The van der Waals surface area contributed by atoms with Crippen LogP contribution in [-0.2, 0) is 9.53 Å². The minimum atomic E-state index is -0.564. The number of phenols is 1. The lowest BCUT2D eigenvalue weighted by Crippen LogP contribution is -2.29. The number of esters is 1. The zero-order chi connectivity index (χ0) is 19.0. The lowest BCUT2D eigenvalue weighted by atomic mass is 9.95. The predicted octanol–water partition coefficient (Wildman–Crippen LogP) is 3.11. The molecule has 136 valence electrons. The van der Waals surface area contributed by atoms with Gasteiger partial charge in [-0.2, -0.15) is 4.98 Å². The van der Waals surface area contributed by atoms with Crippen LogP contribution in [-0.4, -0.2) is 33.0 Å². The Balaban J connectivity index is 1.90. The number of benzene rings is 2. The Labute approximate surface area is 155 Å². The number of hydrogen-bond acceptors (Lipinski definition) is 6. The summed E-state index contributed by atoms with van der Waals surface area (Å²) in [5, 5.41) is 17.7. The standard InChI is InChI=1S/C20H18N4O3/c1-12-16(19(26)27-2)17(14-9-6-10-15(25)11-14)24-20(21-12)22-18(23-24)13-7-4-3-5-8-13/h3-11,17,25H,1-2H3,(H,21,22,23). The molecule has 2 N–H and O–H groups in total. The van der Waals surface area contributed by atoms with Gasteiger partial charge in [0.15, 0.2) is 5.82 Å². The number of aromatic nitrogens is 3. The molecule has 3 aromatic rings. The molecule has 0 bridgehead atoms. The first-order valence-electron chi connectivity index (χ1n) is 8.45. The maximum atomic E-state index is 12.5. The summed E-state index contributed by atoms with van der Waals surface area (Å²) in [6, 6.07) is 15.8. The number of hydrogen-bond donors (Lipinski definition) is 2. The highest BCUT2D eigenvalue weighted by atomic mass is 16.5. The number of methoxy groups -OCH3 is 1. The van der Waals surface area contributed by atoms with E-state index in [4.69, 9.17) is 4.74 Å². The van der Waals surface area contributed by atoms with Crippen LogP contribution in [0.3, 0.4) is 0 Å². The Bertz CT molecular complexity index is 1040. The van der Waals surface area contributed by atoms with E-state index in [0.717, 1.165) is 5.56 Å². The van der Waals surface area contributed by atoms with E-state index < -0.39 is 12.0 Å². The van der Waals surface area contributed by atoms with Crippen molar-refractivity contribution >= 4 is 11.9 Å². The van der Waals surface area contributed by atoms with E-state index in [1.54, 1.807) is 29.8 Å². The van der Waals surface area contributed by atoms with Gasteiger partial charge in [0.25, 0.3) is 0 Å². The monoisotopic (exact) mass is 362 g/mol. The maximum absolute atomic E-state index is 12.5. The number of rotatable bonds is 3. The van der Waals surface area contributed by atoms with E-state index in [2.05, 4.69) is 15.4 Å². The van der Waals surface area contributed by atoms with Gasteiger partial charge in [-0.25, -0.2) is 9.48 Å². The van der Waals surface area contributed by atoms with Crippen LogP contribution in [0.5, 0.6) is 5.75 Å². The minimum absolute atomic E-state index is 0.109. The van der Waals surface area contributed by atoms with Gasteiger partial charge in [-0.15, -0.1) is 5.10 Å². The second kappa shape index (κ2) is 6.60. The third kappa shape index (κ3) is 2.93. The molecule has 1 aromatic heterocycles. The molecule has 27 heavy (non-hydrogen) atoms. The largest absolute Gasteiger partial charge is 0.508 e. The summed E-state index contributed by atoms with van der Waals surface area (Å²) in [7, 11) is 1.34. The summed E-state index contributed by atoms with van der Waals surface area (Å²) in [6.07, 6.45) is 0. The van der Waals surface area contributed by atoms with E-state index in [-0.39, 0.29) is 5.75 Å². The van der Waals surface area contributed by atoms with Crippen LogP contribution < -0.4 is 5.32 Å². The van der Waals surface area contributed by atoms with Crippen LogP contribution in [0.2, 0.25) is 0 Å². The van der Waals surface area contributed by atoms with E-state index in [1.165, 1.54) is 7.11 Å². The summed E-state index contributed by atoms with van der Waals surface area (Å²) in [4.78, 5) is 17.1. The molecule has 1 atom stereocenters. The number of carbonyl (C=O) groups excluding carboxylic acids is 1. The molecule has 1 aliphatic rings. The number of aromatic hydroxyl groups is 1. The molecule has 1 unspecified atom stereocenters. The Morgan fingerprint density at radius 1 is 1.19 bits per heavy atom. The molecular weight excluding hydrogens is 344 g/mol. The fourth-order valence-corrected chi connectivity index (χ4v) is 3.24. The van der Waals surface area contributed by atoms with Crippen molar-refractivity contribution in [1.82, 2.24) is 14.8 Å². The third-order valence-corrected chi connectivity index (χ3v) is 4.48. The van der Waals surface area contributed by atoms with Crippen molar-refractivity contribution < 1.29 is 14.6 Å². The summed E-state index contributed by atoms with van der Waals surface area (Å²) >= 11 is 0. The van der Waals surface area contributed by atoms with Crippen molar-refractivity contribution in [3.8, 4) is 17.1 Å². The van der Waals surface area contributed by atoms with Gasteiger partial charge < -0.3 is 15.2 Å². The van der Waals surface area contributed by atoms with Gasteiger partial charge >= 0.3 is 5.97 Å². The van der Waals surface area contributed by atoms with Crippen molar-refractivity contribution in [2.75, 3.05) is 12.4 Å². The number of nitrogens with zero attached hydrogens (tertiary/aromatic N) is 3. The molecule has 0 saturated heterocycles. The molecule has 2 aromatic carbocycles. The SMILES string of the molecule is COC(=O)C1=C(C)Nc2nc(-c3ccccc3)nn2C1c1cccc(O)c1. The van der Waals surface area contributed by atoms with Gasteiger partial charge in [-0.3, -0.25) is 0 Å². The molecule has 0 radical (unpaired) electrons. The lowest BCUT2D eigenvalue weighted by molar-refractivity contribution is -0.136. The molecule has 1 aliphatic heterocycles. The zero-order valence-corrected chi connectivity index (χ0v) is 14.9. The Morgan fingerprint density at radius 3 is 2.67 bits per heavy atom. The van der Waals surface area contributed by atoms with Crippen molar-refractivity contribution in [3.05, 3.63) is 71.4 Å². The first-order chi connectivity index (χ1) is 13.1. The summed E-state index contributed by atoms with van der Waals surface area (Å²) in [6.45, 7) is 1.79. The molecule has 7 heteroatoms. The van der Waals surface area contributed by atoms with Crippen LogP contribution in [0.25, 0.3) is 11.4 Å². The maximum Gasteiger partial charge on any atom is 0.338 e. The fraction of sp³-hybridized carbons (Fsp3) is 0.150. The normalized spacial score (nSPS) is 15.9. The molecule has 0 fully saturated rings. The number of allylic oxidation sites excluding steroid dienone is 1. The van der Waals surface area contributed by atoms with Crippen LogP contribution in [0.15, 0.2) is 65.9 Å². The average molecular weight is 362 g/mol. The van der Waals surface area contributed by atoms with Crippen LogP contribution in [0, 0.1) is 0 Å². The quantitative estimate of drug-likeness (QED) is 0.696. The molecule has 0 saturated carbocycles. The van der Waals surface area contributed by atoms with Gasteiger partial charge in [-0.1, -0.05) is 42.5 Å². The van der Waals surface area contributed by atoms with Crippen molar-refractivity contribution in [2.45, 2.75) is 13.0 Å². The lowest BCUT2D eigenvalue weighted by Gasteiger charge is -2.27. The Kier molecular flexibility index (Phi) is 4.12. The van der Waals surface area contributed by atoms with Gasteiger partial charge in [0.2, 0.25) is 5.95 Å². The van der Waals surface area contributed by atoms with E-state index in [9.17, 15) is 9.90 Å². The van der Waals surface area contributed by atoms with Crippen LogP contribution >= 0.6 is 0 Å². The molecule has 7 nitrogen and oxygen atoms in total. The highest BCUT2D eigenvalue weighted by molar-refractivity contribution is 5.92. The molecule has 0 aliphatic carbocycles. The smallest absolute Gasteiger partial charge is 0.338 e.